The van der Waals surface area contributed by atoms with Crippen molar-refractivity contribution in [2.24, 2.45) is 5.92 Å². The van der Waals surface area contributed by atoms with Crippen LogP contribution in [-0.4, -0.2) is 51.8 Å². The number of aliphatic carboxylic acids is 1. The summed E-state index contributed by atoms with van der Waals surface area (Å²) in [5, 5.41) is 18.9. The van der Waals surface area contributed by atoms with E-state index in [9.17, 15) is 19.8 Å². The summed E-state index contributed by atoms with van der Waals surface area (Å²) in [6, 6.07) is 5.80. The van der Waals surface area contributed by atoms with E-state index in [1.54, 1.807) is 12.1 Å². The van der Waals surface area contributed by atoms with Gasteiger partial charge in [0.25, 0.3) is 0 Å². The number of hydrogen-bond acceptors (Lipinski definition) is 5. The topological polar surface area (TPSA) is 87.1 Å². The van der Waals surface area contributed by atoms with Crippen LogP contribution >= 0.6 is 0 Å². The fourth-order valence-electron chi connectivity index (χ4n) is 3.87. The van der Waals surface area contributed by atoms with E-state index in [2.05, 4.69) is 4.90 Å². The first kappa shape index (κ1) is 14.8. The minimum Gasteiger partial charge on any atom is -0.508 e. The zero-order valence-electron chi connectivity index (χ0n) is 12.3. The van der Waals surface area contributed by atoms with Crippen LogP contribution in [0.25, 0.3) is 0 Å². The third-order valence-electron chi connectivity index (χ3n) is 4.73. The predicted molar refractivity (Wildman–Crippen MR) is 77.6 cm³/mol. The maximum Gasteiger partial charge on any atom is 0.338 e. The van der Waals surface area contributed by atoms with Gasteiger partial charge in [-0.05, 0) is 37.6 Å². The summed E-state index contributed by atoms with van der Waals surface area (Å²) >= 11 is 0. The van der Waals surface area contributed by atoms with Crippen molar-refractivity contribution in [3.8, 4) is 5.75 Å². The standard InChI is InChI=1S/C16H19NO5/c1-2-17-11-6-7-12(17)14(13(11)15(19)20)22-16(21)9-4-3-5-10(18)8-9/h3-5,8,11-14,18H,2,6-7H2,1H3,(H,19,20)/t11?,12?,13-,14+/m1/s1. The molecule has 0 aromatic heterocycles. The van der Waals surface area contributed by atoms with Crippen LogP contribution in [0.4, 0.5) is 0 Å². The molecule has 4 atom stereocenters. The average Bonchev–Trinajstić information content (AvgIpc) is 3.01. The van der Waals surface area contributed by atoms with Gasteiger partial charge >= 0.3 is 11.9 Å². The molecule has 118 valence electrons. The van der Waals surface area contributed by atoms with Gasteiger partial charge in [-0.15, -0.1) is 0 Å². The van der Waals surface area contributed by atoms with E-state index in [1.165, 1.54) is 12.1 Å². The van der Waals surface area contributed by atoms with Crippen molar-refractivity contribution < 1.29 is 24.5 Å². The fraction of sp³-hybridized carbons (Fsp3) is 0.500. The molecule has 1 aromatic rings. The lowest BCUT2D eigenvalue weighted by Crippen LogP contribution is -2.40. The zero-order valence-corrected chi connectivity index (χ0v) is 12.3. The molecule has 1 aromatic carbocycles. The normalized spacial score (nSPS) is 30.4. The first-order valence-corrected chi connectivity index (χ1v) is 7.51. The highest BCUT2D eigenvalue weighted by Gasteiger charge is 2.57. The summed E-state index contributed by atoms with van der Waals surface area (Å²) in [7, 11) is 0. The SMILES string of the molecule is CCN1C2CCC1[C@H](OC(=O)c1cccc(O)c1)[C@@H]2C(=O)O. The second-order valence-electron chi connectivity index (χ2n) is 5.83. The Morgan fingerprint density at radius 1 is 1.32 bits per heavy atom. The van der Waals surface area contributed by atoms with Gasteiger partial charge in [-0.2, -0.15) is 0 Å². The molecule has 2 fully saturated rings. The molecule has 2 aliphatic heterocycles. The zero-order chi connectivity index (χ0) is 15.9. The number of aromatic hydroxyl groups is 1. The van der Waals surface area contributed by atoms with Crippen LogP contribution in [0.3, 0.4) is 0 Å². The number of hydrogen-bond donors (Lipinski definition) is 2. The maximum atomic E-state index is 12.2. The molecule has 2 heterocycles. The minimum absolute atomic E-state index is 0.0210. The van der Waals surface area contributed by atoms with Gasteiger partial charge in [-0.25, -0.2) is 4.79 Å². The maximum absolute atomic E-state index is 12.2. The van der Waals surface area contributed by atoms with Gasteiger partial charge in [0.1, 0.15) is 17.8 Å². The summed E-state index contributed by atoms with van der Waals surface area (Å²) in [6.45, 7) is 2.74. The number of fused-ring (bicyclic) bond motifs is 2. The van der Waals surface area contributed by atoms with Gasteiger partial charge in [-0.3, -0.25) is 9.69 Å². The summed E-state index contributed by atoms with van der Waals surface area (Å²) in [6.07, 6.45) is 1.04. The van der Waals surface area contributed by atoms with Crippen LogP contribution in [0.1, 0.15) is 30.1 Å². The number of ether oxygens (including phenoxy) is 1. The molecule has 2 N–H and O–H groups in total. The molecule has 2 bridgehead atoms. The van der Waals surface area contributed by atoms with Crippen LogP contribution in [0, 0.1) is 5.92 Å². The molecule has 22 heavy (non-hydrogen) atoms. The Hall–Kier alpha value is -2.08. The largest absolute Gasteiger partial charge is 0.508 e. The number of esters is 1. The molecule has 2 aliphatic rings. The first-order chi connectivity index (χ1) is 10.5. The van der Waals surface area contributed by atoms with E-state index >= 15 is 0 Å². The Morgan fingerprint density at radius 2 is 2.05 bits per heavy atom. The van der Waals surface area contributed by atoms with Gasteiger partial charge in [-0.1, -0.05) is 13.0 Å². The van der Waals surface area contributed by atoms with E-state index in [1.807, 2.05) is 6.92 Å². The quantitative estimate of drug-likeness (QED) is 0.819. The van der Waals surface area contributed by atoms with E-state index < -0.39 is 24.0 Å². The smallest absolute Gasteiger partial charge is 0.338 e. The Bertz CT molecular complexity index is 602. The Balaban J connectivity index is 1.81. The summed E-state index contributed by atoms with van der Waals surface area (Å²) in [5.41, 5.74) is 0.231. The van der Waals surface area contributed by atoms with Crippen LogP contribution in [0.2, 0.25) is 0 Å². The van der Waals surface area contributed by atoms with Gasteiger partial charge in [0, 0.05) is 12.1 Å². The van der Waals surface area contributed by atoms with Gasteiger partial charge in [0.15, 0.2) is 0 Å². The van der Waals surface area contributed by atoms with E-state index in [0.717, 1.165) is 19.4 Å². The van der Waals surface area contributed by atoms with Crippen molar-refractivity contribution in [1.29, 1.82) is 0 Å². The predicted octanol–water partition coefficient (Wildman–Crippen LogP) is 1.48. The average molecular weight is 305 g/mol. The third kappa shape index (κ3) is 2.33. The number of likely N-dealkylation sites (N-methyl/N-ethyl adjacent to an activating group) is 1. The molecular weight excluding hydrogens is 286 g/mol. The minimum atomic E-state index is -0.917. The number of phenols is 1. The Labute approximate surface area is 128 Å². The van der Waals surface area contributed by atoms with E-state index in [4.69, 9.17) is 4.74 Å². The monoisotopic (exact) mass is 305 g/mol. The molecule has 0 spiro atoms. The number of carbonyl (C=O) groups is 2. The number of carboxylic acid groups (broad SMARTS) is 1. The molecule has 0 radical (unpaired) electrons. The fourth-order valence-corrected chi connectivity index (χ4v) is 3.87. The van der Waals surface area contributed by atoms with Crippen molar-refractivity contribution >= 4 is 11.9 Å². The molecule has 0 aliphatic carbocycles. The van der Waals surface area contributed by atoms with Crippen LogP contribution in [0.5, 0.6) is 5.75 Å². The van der Waals surface area contributed by atoms with Crippen molar-refractivity contribution in [3.05, 3.63) is 29.8 Å². The number of benzene rings is 1. The lowest BCUT2D eigenvalue weighted by atomic mass is 9.86. The lowest BCUT2D eigenvalue weighted by Gasteiger charge is -2.26. The summed E-state index contributed by atoms with van der Waals surface area (Å²) < 4.78 is 5.52. The van der Waals surface area contributed by atoms with Crippen molar-refractivity contribution in [2.75, 3.05) is 6.54 Å². The van der Waals surface area contributed by atoms with Crippen molar-refractivity contribution in [3.63, 3.8) is 0 Å². The van der Waals surface area contributed by atoms with Crippen LogP contribution in [-0.2, 0) is 9.53 Å². The first-order valence-electron chi connectivity index (χ1n) is 7.51. The highest BCUT2D eigenvalue weighted by Crippen LogP contribution is 2.43. The molecule has 6 nitrogen and oxygen atoms in total. The highest BCUT2D eigenvalue weighted by atomic mass is 16.5. The van der Waals surface area contributed by atoms with Crippen LogP contribution < -0.4 is 0 Å². The van der Waals surface area contributed by atoms with Crippen molar-refractivity contribution in [1.82, 2.24) is 4.90 Å². The molecule has 2 saturated heterocycles. The molecular formula is C16H19NO5. The Kier molecular flexibility index (Phi) is 3.78. The van der Waals surface area contributed by atoms with Crippen LogP contribution in [0.15, 0.2) is 24.3 Å². The number of carboxylic acids is 1. The molecule has 2 unspecified atom stereocenters. The van der Waals surface area contributed by atoms with Gasteiger partial charge in [0.05, 0.1) is 5.56 Å². The number of phenolic OH excluding ortho intramolecular Hbond substituents is 1. The van der Waals surface area contributed by atoms with Crippen molar-refractivity contribution in [2.45, 2.75) is 38.0 Å². The Morgan fingerprint density at radius 3 is 2.68 bits per heavy atom. The summed E-state index contributed by atoms with van der Waals surface area (Å²) in [4.78, 5) is 25.9. The molecule has 6 heteroatoms. The number of nitrogens with zero attached hydrogens (tertiary/aromatic N) is 1. The second kappa shape index (κ2) is 5.61. The summed E-state index contributed by atoms with van der Waals surface area (Å²) in [5.74, 6) is -2.21. The second-order valence-corrected chi connectivity index (χ2v) is 5.83. The number of rotatable bonds is 4. The van der Waals surface area contributed by atoms with E-state index in [-0.39, 0.29) is 23.4 Å². The lowest BCUT2D eigenvalue weighted by molar-refractivity contribution is -0.146. The molecule has 3 rings (SSSR count). The molecule has 0 amide bonds. The van der Waals surface area contributed by atoms with E-state index in [0.29, 0.717) is 0 Å². The highest BCUT2D eigenvalue weighted by molar-refractivity contribution is 5.90. The van der Waals surface area contributed by atoms with Gasteiger partial charge < -0.3 is 14.9 Å². The third-order valence-corrected chi connectivity index (χ3v) is 4.73. The number of carbonyl (C=O) groups excluding carboxylic acids is 1. The van der Waals surface area contributed by atoms with Gasteiger partial charge in [0.2, 0.25) is 0 Å². The molecule has 0 saturated carbocycles.